The molecular formula is C29H36N6O4. The van der Waals surface area contributed by atoms with Crippen LogP contribution in [0.2, 0.25) is 0 Å². The third-order valence-corrected chi connectivity index (χ3v) is 7.22. The summed E-state index contributed by atoms with van der Waals surface area (Å²) in [5.74, 6) is 2.35. The van der Waals surface area contributed by atoms with E-state index in [9.17, 15) is 4.79 Å². The van der Waals surface area contributed by atoms with Gasteiger partial charge in [0.2, 0.25) is 0 Å². The lowest BCUT2D eigenvalue weighted by atomic mass is 10.1. The summed E-state index contributed by atoms with van der Waals surface area (Å²) in [5, 5.41) is 13.7. The molecule has 2 atom stereocenters. The molecule has 0 radical (unpaired) electrons. The van der Waals surface area contributed by atoms with Crippen molar-refractivity contribution in [3.05, 3.63) is 75.8 Å². The largest absolute Gasteiger partial charge is 0.497 e. The summed E-state index contributed by atoms with van der Waals surface area (Å²) in [6.07, 6.45) is 2.92. The van der Waals surface area contributed by atoms with Gasteiger partial charge in [0.05, 0.1) is 32.4 Å². The van der Waals surface area contributed by atoms with E-state index in [-0.39, 0.29) is 17.7 Å². The SMILES string of the molecule is CCOc1ccc2[nH]c(=O)c(CN(CC3CCCO3)C(CC)c3nnnn3Cc3ccc(OC)cc3)cc2c1. The van der Waals surface area contributed by atoms with E-state index in [1.54, 1.807) is 7.11 Å². The lowest BCUT2D eigenvalue weighted by Gasteiger charge is -2.32. The van der Waals surface area contributed by atoms with E-state index in [1.165, 1.54) is 0 Å². The number of methoxy groups -OCH3 is 1. The highest BCUT2D eigenvalue weighted by atomic mass is 16.5. The normalized spacial score (nSPS) is 16.2. The van der Waals surface area contributed by atoms with Crippen LogP contribution in [-0.4, -0.2) is 63.1 Å². The maximum Gasteiger partial charge on any atom is 0.252 e. The van der Waals surface area contributed by atoms with Crippen LogP contribution in [0.5, 0.6) is 11.5 Å². The fourth-order valence-electron chi connectivity index (χ4n) is 5.25. The fourth-order valence-corrected chi connectivity index (χ4v) is 5.25. The van der Waals surface area contributed by atoms with Gasteiger partial charge in [-0.25, -0.2) is 4.68 Å². The van der Waals surface area contributed by atoms with Gasteiger partial charge in [0.15, 0.2) is 5.82 Å². The van der Waals surface area contributed by atoms with E-state index in [2.05, 4.69) is 32.3 Å². The van der Waals surface area contributed by atoms with Gasteiger partial charge < -0.3 is 19.2 Å². The average molecular weight is 533 g/mol. The summed E-state index contributed by atoms with van der Waals surface area (Å²) >= 11 is 0. The van der Waals surface area contributed by atoms with Crippen molar-refractivity contribution in [3.8, 4) is 11.5 Å². The monoisotopic (exact) mass is 532 g/mol. The molecule has 1 fully saturated rings. The molecule has 4 aromatic rings. The third kappa shape index (κ3) is 6.29. The second kappa shape index (κ2) is 12.4. The van der Waals surface area contributed by atoms with Gasteiger partial charge >= 0.3 is 0 Å². The van der Waals surface area contributed by atoms with E-state index in [4.69, 9.17) is 14.2 Å². The van der Waals surface area contributed by atoms with Gasteiger partial charge in [0.25, 0.3) is 5.56 Å². The number of nitrogens with one attached hydrogen (secondary N) is 1. The summed E-state index contributed by atoms with van der Waals surface area (Å²) in [6, 6.07) is 15.5. The van der Waals surface area contributed by atoms with Crippen LogP contribution in [0.25, 0.3) is 10.9 Å². The Hall–Kier alpha value is -3.76. The Kier molecular flexibility index (Phi) is 8.53. The number of H-pyrrole nitrogens is 1. The summed E-state index contributed by atoms with van der Waals surface area (Å²) < 4.78 is 18.8. The van der Waals surface area contributed by atoms with Crippen molar-refractivity contribution in [1.82, 2.24) is 30.1 Å². The summed E-state index contributed by atoms with van der Waals surface area (Å²) in [7, 11) is 1.65. The Morgan fingerprint density at radius 3 is 2.69 bits per heavy atom. The molecule has 1 saturated heterocycles. The van der Waals surface area contributed by atoms with E-state index >= 15 is 0 Å². The summed E-state index contributed by atoms with van der Waals surface area (Å²) in [4.78, 5) is 18.5. The Bertz CT molecular complexity index is 1430. The smallest absolute Gasteiger partial charge is 0.252 e. The first-order valence-electron chi connectivity index (χ1n) is 13.6. The number of hydrogen-bond donors (Lipinski definition) is 1. The van der Waals surface area contributed by atoms with Crippen molar-refractivity contribution >= 4 is 10.9 Å². The first kappa shape index (κ1) is 26.8. The van der Waals surface area contributed by atoms with Crippen LogP contribution in [0, 0.1) is 0 Å². The molecule has 10 nitrogen and oxygen atoms in total. The second-order valence-corrected chi connectivity index (χ2v) is 9.84. The third-order valence-electron chi connectivity index (χ3n) is 7.22. The molecule has 10 heteroatoms. The molecule has 0 bridgehead atoms. The van der Waals surface area contributed by atoms with Gasteiger partial charge in [0.1, 0.15) is 11.5 Å². The number of pyridine rings is 1. The number of ether oxygens (including phenoxy) is 3. The lowest BCUT2D eigenvalue weighted by molar-refractivity contribution is 0.0489. The molecule has 0 aliphatic carbocycles. The maximum absolute atomic E-state index is 13.2. The van der Waals surface area contributed by atoms with E-state index < -0.39 is 0 Å². The van der Waals surface area contributed by atoms with Crippen molar-refractivity contribution in [3.63, 3.8) is 0 Å². The standard InChI is InChI=1S/C29H36N6O4/c1-4-27(28-31-32-33-35(28)17-20-8-10-23(37-3)11-9-20)34(19-25-7-6-14-39-25)18-22-15-21-16-24(38-5-2)12-13-26(21)30-29(22)36/h8-13,15-16,25,27H,4-7,14,17-19H2,1-3H3,(H,30,36). The van der Waals surface area contributed by atoms with Crippen molar-refractivity contribution < 1.29 is 14.2 Å². The summed E-state index contributed by atoms with van der Waals surface area (Å²) in [5.41, 5.74) is 2.44. The number of rotatable bonds is 12. The number of hydrogen-bond acceptors (Lipinski definition) is 8. The zero-order chi connectivity index (χ0) is 27.2. The van der Waals surface area contributed by atoms with Gasteiger partial charge in [0, 0.05) is 36.2 Å². The van der Waals surface area contributed by atoms with E-state index in [0.29, 0.717) is 31.8 Å². The first-order valence-corrected chi connectivity index (χ1v) is 13.6. The Morgan fingerprint density at radius 2 is 1.97 bits per heavy atom. The molecule has 0 saturated carbocycles. The zero-order valence-corrected chi connectivity index (χ0v) is 22.8. The molecule has 1 N–H and O–H groups in total. The van der Waals surface area contributed by atoms with Crippen LogP contribution in [-0.2, 0) is 17.8 Å². The summed E-state index contributed by atoms with van der Waals surface area (Å²) in [6.45, 7) is 7.09. The molecule has 2 aromatic heterocycles. The number of nitrogens with zero attached hydrogens (tertiary/aromatic N) is 5. The molecule has 39 heavy (non-hydrogen) atoms. The molecule has 3 heterocycles. The van der Waals surface area contributed by atoms with E-state index in [1.807, 2.05) is 60.1 Å². The van der Waals surface area contributed by atoms with Crippen LogP contribution >= 0.6 is 0 Å². The minimum atomic E-state index is -0.104. The van der Waals surface area contributed by atoms with Crippen molar-refractivity contribution in [2.24, 2.45) is 0 Å². The highest BCUT2D eigenvalue weighted by Crippen LogP contribution is 2.28. The molecule has 2 unspecified atom stereocenters. The van der Waals surface area contributed by atoms with Gasteiger partial charge in [-0.3, -0.25) is 9.69 Å². The fraction of sp³-hybridized carbons (Fsp3) is 0.448. The molecule has 2 aromatic carbocycles. The maximum atomic E-state index is 13.2. The van der Waals surface area contributed by atoms with Gasteiger partial charge in [-0.1, -0.05) is 19.1 Å². The average Bonchev–Trinajstić information content (AvgIpc) is 3.63. The van der Waals surface area contributed by atoms with Crippen molar-refractivity contribution in [1.29, 1.82) is 0 Å². The lowest BCUT2D eigenvalue weighted by Crippen LogP contribution is -2.37. The van der Waals surface area contributed by atoms with Crippen LogP contribution in [0.1, 0.15) is 56.1 Å². The zero-order valence-electron chi connectivity index (χ0n) is 22.8. The van der Waals surface area contributed by atoms with E-state index in [0.717, 1.165) is 59.7 Å². The van der Waals surface area contributed by atoms with Gasteiger partial charge in [-0.15, -0.1) is 5.10 Å². The number of tetrazole rings is 1. The molecule has 0 spiro atoms. The molecule has 206 valence electrons. The van der Waals surface area contributed by atoms with Gasteiger partial charge in [-0.05, 0) is 78.6 Å². The highest BCUT2D eigenvalue weighted by Gasteiger charge is 2.29. The Morgan fingerprint density at radius 1 is 1.15 bits per heavy atom. The minimum Gasteiger partial charge on any atom is -0.497 e. The molecule has 1 aliphatic heterocycles. The Labute approximate surface area is 227 Å². The number of aromatic amines is 1. The van der Waals surface area contributed by atoms with Crippen LogP contribution in [0.3, 0.4) is 0 Å². The number of fused-ring (bicyclic) bond motifs is 1. The molecule has 1 aliphatic rings. The first-order chi connectivity index (χ1) is 19.1. The number of benzene rings is 2. The van der Waals surface area contributed by atoms with Crippen molar-refractivity contribution in [2.45, 2.75) is 58.3 Å². The highest BCUT2D eigenvalue weighted by molar-refractivity contribution is 5.80. The minimum absolute atomic E-state index is 0.100. The second-order valence-electron chi connectivity index (χ2n) is 9.84. The number of aromatic nitrogens is 5. The topological polar surface area (TPSA) is 107 Å². The predicted octanol–water partition coefficient (Wildman–Crippen LogP) is 4.10. The molecule has 5 rings (SSSR count). The predicted molar refractivity (Wildman–Crippen MR) is 148 cm³/mol. The molecule has 0 amide bonds. The van der Waals surface area contributed by atoms with Crippen molar-refractivity contribution in [2.75, 3.05) is 26.9 Å². The van der Waals surface area contributed by atoms with Crippen LogP contribution in [0.15, 0.2) is 53.3 Å². The quantitative estimate of drug-likeness (QED) is 0.291. The Balaban J connectivity index is 1.45. The van der Waals surface area contributed by atoms with Gasteiger partial charge in [-0.2, -0.15) is 0 Å². The molecular weight excluding hydrogens is 496 g/mol. The van der Waals surface area contributed by atoms with Crippen LogP contribution < -0.4 is 15.0 Å². The van der Waals surface area contributed by atoms with Crippen LogP contribution in [0.4, 0.5) is 0 Å².